The third kappa shape index (κ3) is 3.33. The Morgan fingerprint density at radius 2 is 1.88 bits per heavy atom. The molecule has 3 heterocycles. The van der Waals surface area contributed by atoms with Crippen LogP contribution in [0.15, 0.2) is 47.1 Å². The van der Waals surface area contributed by atoms with Crippen LogP contribution in [0.1, 0.15) is 62.5 Å². The Labute approximate surface area is 188 Å². The van der Waals surface area contributed by atoms with Crippen LogP contribution in [0.4, 0.5) is 5.69 Å². The summed E-state index contributed by atoms with van der Waals surface area (Å²) < 4.78 is 7.49. The molecule has 2 aromatic heterocycles. The van der Waals surface area contributed by atoms with Crippen LogP contribution in [-0.4, -0.2) is 28.0 Å². The van der Waals surface area contributed by atoms with E-state index in [4.69, 9.17) is 4.42 Å². The van der Waals surface area contributed by atoms with E-state index in [2.05, 4.69) is 19.2 Å². The molecule has 32 heavy (non-hydrogen) atoms. The van der Waals surface area contributed by atoms with Crippen molar-refractivity contribution in [2.45, 2.75) is 71.0 Å². The summed E-state index contributed by atoms with van der Waals surface area (Å²) >= 11 is 0. The Morgan fingerprint density at radius 1 is 1.16 bits per heavy atom. The van der Waals surface area contributed by atoms with E-state index in [9.17, 15) is 9.59 Å². The number of benzene rings is 1. The van der Waals surface area contributed by atoms with Crippen molar-refractivity contribution in [3.63, 3.8) is 0 Å². The fourth-order valence-electron chi connectivity index (χ4n) is 5.24. The fourth-order valence-corrected chi connectivity index (χ4v) is 5.24. The van der Waals surface area contributed by atoms with Crippen molar-refractivity contribution in [3.8, 4) is 0 Å². The number of hydrogen-bond donors (Lipinski definition) is 1. The Morgan fingerprint density at radius 3 is 2.56 bits per heavy atom. The molecule has 5 rings (SSSR count). The van der Waals surface area contributed by atoms with Gasteiger partial charge >= 0.3 is 0 Å². The van der Waals surface area contributed by atoms with Gasteiger partial charge in [-0.05, 0) is 62.6 Å². The number of aromatic nitrogens is 1. The van der Waals surface area contributed by atoms with Gasteiger partial charge in [0.25, 0.3) is 5.91 Å². The van der Waals surface area contributed by atoms with Gasteiger partial charge in [0.2, 0.25) is 5.91 Å². The van der Waals surface area contributed by atoms with Crippen molar-refractivity contribution in [2.24, 2.45) is 5.92 Å². The summed E-state index contributed by atoms with van der Waals surface area (Å²) in [4.78, 5) is 29.2. The third-order valence-corrected chi connectivity index (χ3v) is 7.35. The topological polar surface area (TPSA) is 67.5 Å². The molecule has 1 aliphatic heterocycles. The van der Waals surface area contributed by atoms with Crippen LogP contribution in [0.5, 0.6) is 0 Å². The second kappa shape index (κ2) is 7.84. The smallest absolute Gasteiger partial charge is 0.276 e. The molecule has 0 unspecified atom stereocenters. The minimum Gasteiger partial charge on any atom is -0.463 e. The van der Waals surface area contributed by atoms with E-state index in [1.165, 1.54) is 5.56 Å². The maximum atomic E-state index is 13.8. The second-order valence-corrected chi connectivity index (χ2v) is 9.65. The quantitative estimate of drug-likeness (QED) is 0.636. The molecule has 168 valence electrons. The maximum Gasteiger partial charge on any atom is 0.276 e. The average molecular weight is 434 g/mol. The van der Waals surface area contributed by atoms with Crippen molar-refractivity contribution in [1.82, 2.24) is 9.88 Å². The number of amides is 2. The molecule has 0 bridgehead atoms. The number of nitrogens with zero attached hydrogens (tertiary/aromatic N) is 2. The monoisotopic (exact) mass is 433 g/mol. The van der Waals surface area contributed by atoms with E-state index in [0.29, 0.717) is 23.7 Å². The fraction of sp³-hybridized carbons (Fsp3) is 0.462. The van der Waals surface area contributed by atoms with Gasteiger partial charge in [-0.2, -0.15) is 0 Å². The van der Waals surface area contributed by atoms with Gasteiger partial charge < -0.3 is 14.3 Å². The second-order valence-electron chi connectivity index (χ2n) is 9.65. The van der Waals surface area contributed by atoms with E-state index < -0.39 is 5.54 Å². The zero-order valence-corrected chi connectivity index (χ0v) is 19.1. The summed E-state index contributed by atoms with van der Waals surface area (Å²) in [7, 11) is 0. The molecule has 1 N–H and O–H groups in total. The van der Waals surface area contributed by atoms with Crippen LogP contribution in [-0.2, 0) is 17.8 Å². The van der Waals surface area contributed by atoms with E-state index in [-0.39, 0.29) is 17.9 Å². The van der Waals surface area contributed by atoms with Gasteiger partial charge in [0.15, 0.2) is 5.58 Å². The van der Waals surface area contributed by atoms with Gasteiger partial charge in [-0.25, -0.2) is 0 Å². The number of hydrogen-bond acceptors (Lipinski definition) is 3. The Balaban J connectivity index is 1.55. The van der Waals surface area contributed by atoms with Gasteiger partial charge in [-0.15, -0.1) is 0 Å². The summed E-state index contributed by atoms with van der Waals surface area (Å²) in [6, 6.07) is 11.8. The van der Waals surface area contributed by atoms with Crippen LogP contribution >= 0.6 is 0 Å². The standard InChI is InChI=1S/C26H31N3O3/c1-4-18-7-11-20(12-8-18)29-24(30)22-15-23-21(13-14-32-23)28(22)16-26(29,3)25(31)27-19-9-5-17(2)6-10-19/h7-8,11-15,17,19H,4-6,9-10,16H2,1-3H3,(H,27,31)/t17?,19?,26-/m1/s1. The van der Waals surface area contributed by atoms with E-state index in [0.717, 1.165) is 43.3 Å². The number of rotatable bonds is 4. The Bertz CT molecular complexity index is 1150. The molecule has 1 atom stereocenters. The minimum atomic E-state index is -1.05. The van der Waals surface area contributed by atoms with Crippen molar-refractivity contribution in [1.29, 1.82) is 0 Å². The molecule has 2 amide bonds. The molecule has 3 aromatic rings. The predicted octanol–water partition coefficient (Wildman–Crippen LogP) is 4.91. The summed E-state index contributed by atoms with van der Waals surface area (Å²) in [5.41, 5.74) is 2.95. The highest BCUT2D eigenvalue weighted by molar-refractivity contribution is 6.13. The number of nitrogens with one attached hydrogen (secondary N) is 1. The lowest BCUT2D eigenvalue weighted by Crippen LogP contribution is -2.65. The normalized spacial score (nSPS) is 25.7. The van der Waals surface area contributed by atoms with Gasteiger partial charge in [0.1, 0.15) is 11.2 Å². The SMILES string of the molecule is CCc1ccc(N2C(=O)c3cc4occc4n3C[C@]2(C)C(=O)NC2CCC(C)CC2)cc1. The zero-order valence-electron chi connectivity index (χ0n) is 19.1. The molecule has 0 radical (unpaired) electrons. The molecule has 1 aliphatic carbocycles. The molecule has 0 saturated heterocycles. The molecular formula is C26H31N3O3. The zero-order chi connectivity index (χ0) is 22.5. The number of anilines is 1. The molecule has 1 aromatic carbocycles. The molecule has 6 heteroatoms. The Kier molecular flexibility index (Phi) is 5.11. The number of furan rings is 1. The highest BCUT2D eigenvalue weighted by Crippen LogP contribution is 2.36. The molecule has 6 nitrogen and oxygen atoms in total. The lowest BCUT2D eigenvalue weighted by molar-refractivity contribution is -0.127. The van der Waals surface area contributed by atoms with Crippen LogP contribution in [0, 0.1) is 5.92 Å². The van der Waals surface area contributed by atoms with Crippen LogP contribution in [0.25, 0.3) is 11.1 Å². The summed E-state index contributed by atoms with van der Waals surface area (Å²) in [5.74, 6) is 0.433. The van der Waals surface area contributed by atoms with Crippen molar-refractivity contribution >= 4 is 28.6 Å². The van der Waals surface area contributed by atoms with Gasteiger partial charge in [0, 0.05) is 23.9 Å². The first-order chi connectivity index (χ1) is 15.4. The molecule has 0 spiro atoms. The number of aryl methyl sites for hydroxylation is 1. The van der Waals surface area contributed by atoms with Crippen LogP contribution in [0.2, 0.25) is 0 Å². The number of carbonyl (C=O) groups is 2. The van der Waals surface area contributed by atoms with E-state index in [1.54, 1.807) is 17.2 Å². The average Bonchev–Trinajstić information content (AvgIpc) is 3.38. The van der Waals surface area contributed by atoms with Crippen molar-refractivity contribution < 1.29 is 14.0 Å². The molecular weight excluding hydrogens is 402 g/mol. The first-order valence-corrected chi connectivity index (χ1v) is 11.7. The maximum absolute atomic E-state index is 13.8. The summed E-state index contributed by atoms with van der Waals surface area (Å²) in [5, 5.41) is 3.29. The lowest BCUT2D eigenvalue weighted by Gasteiger charge is -2.44. The van der Waals surface area contributed by atoms with E-state index >= 15 is 0 Å². The highest BCUT2D eigenvalue weighted by Gasteiger charge is 2.49. The van der Waals surface area contributed by atoms with Crippen molar-refractivity contribution in [2.75, 3.05) is 4.90 Å². The van der Waals surface area contributed by atoms with Gasteiger partial charge in [0.05, 0.1) is 18.3 Å². The first kappa shape index (κ1) is 20.9. The molecule has 2 aliphatic rings. The number of carbonyl (C=O) groups excluding carboxylic acids is 2. The van der Waals surface area contributed by atoms with Crippen molar-refractivity contribution in [3.05, 3.63) is 53.9 Å². The molecule has 1 fully saturated rings. The van der Waals surface area contributed by atoms with E-state index in [1.807, 2.05) is 41.8 Å². The minimum absolute atomic E-state index is 0.0963. The highest BCUT2D eigenvalue weighted by atomic mass is 16.3. The van der Waals surface area contributed by atoms with Crippen LogP contribution < -0.4 is 10.2 Å². The number of fused-ring (bicyclic) bond motifs is 3. The third-order valence-electron chi connectivity index (χ3n) is 7.35. The predicted molar refractivity (Wildman–Crippen MR) is 125 cm³/mol. The van der Waals surface area contributed by atoms with Gasteiger partial charge in [-0.3, -0.25) is 14.5 Å². The summed E-state index contributed by atoms with van der Waals surface area (Å²) in [6.45, 7) is 6.63. The van der Waals surface area contributed by atoms with Crippen LogP contribution in [0.3, 0.4) is 0 Å². The molecule has 1 saturated carbocycles. The van der Waals surface area contributed by atoms with Gasteiger partial charge in [-0.1, -0.05) is 26.0 Å². The first-order valence-electron chi connectivity index (χ1n) is 11.7. The lowest BCUT2D eigenvalue weighted by atomic mass is 9.86. The largest absolute Gasteiger partial charge is 0.463 e. The summed E-state index contributed by atoms with van der Waals surface area (Å²) in [6.07, 6.45) is 6.77. The Hall–Kier alpha value is -3.02.